The molecule has 0 saturated carbocycles. The van der Waals surface area contributed by atoms with Gasteiger partial charge < -0.3 is 0 Å². The maximum absolute atomic E-state index is 13.2. The highest BCUT2D eigenvalue weighted by atomic mass is 35.5. The number of carbonyl (C=O) groups excluding carboxylic acids is 2. The van der Waals surface area contributed by atoms with E-state index in [1.807, 2.05) is 42.6 Å². The molecule has 0 saturated heterocycles. The zero-order valence-corrected chi connectivity index (χ0v) is 21.0. The lowest BCUT2D eigenvalue weighted by Gasteiger charge is -2.09. The molecule has 9 heteroatoms. The number of benzene rings is 3. The number of hydrogen-bond acceptors (Lipinski definition) is 7. The summed E-state index contributed by atoms with van der Waals surface area (Å²) in [6, 6.07) is 20.7. The summed E-state index contributed by atoms with van der Waals surface area (Å²) in [6.45, 7) is 3.74. The molecule has 4 aromatic rings. The van der Waals surface area contributed by atoms with Gasteiger partial charge in [-0.05, 0) is 32.0 Å². The molecular weight excluding hydrogens is 494 g/mol. The number of hydrogen-bond donors (Lipinski definition) is 0. The molecule has 7 nitrogen and oxygen atoms in total. The Balaban J connectivity index is 1.38. The fourth-order valence-corrected chi connectivity index (χ4v) is 4.65. The molecule has 36 heavy (non-hydrogen) atoms. The molecule has 1 unspecified atom stereocenters. The second kappa shape index (κ2) is 9.93. The SMILES string of the molecule is CC1=NN(c2nc(-c3ccc(C)cc3)cs2)C(=O)C1N=Nc1ccc(Cl)cc1C(=O)c1ccccc1. The van der Waals surface area contributed by atoms with Gasteiger partial charge in [-0.3, -0.25) is 9.59 Å². The first-order valence-corrected chi connectivity index (χ1v) is 12.4. The molecule has 1 amide bonds. The number of carbonyl (C=O) groups is 2. The van der Waals surface area contributed by atoms with Gasteiger partial charge in [-0.2, -0.15) is 20.3 Å². The highest BCUT2D eigenvalue weighted by molar-refractivity contribution is 7.14. The molecule has 0 spiro atoms. The van der Waals surface area contributed by atoms with E-state index in [2.05, 4.69) is 20.3 Å². The number of amides is 1. The first kappa shape index (κ1) is 23.7. The zero-order chi connectivity index (χ0) is 25.2. The average Bonchev–Trinajstić information content (AvgIpc) is 3.48. The van der Waals surface area contributed by atoms with Gasteiger partial charge in [0.15, 0.2) is 11.8 Å². The van der Waals surface area contributed by atoms with E-state index in [1.165, 1.54) is 16.3 Å². The smallest absolute Gasteiger partial charge is 0.282 e. The Hall–Kier alpha value is -4.01. The number of ketones is 1. The number of aromatic nitrogens is 1. The van der Waals surface area contributed by atoms with Crippen molar-refractivity contribution in [1.82, 2.24) is 4.98 Å². The van der Waals surface area contributed by atoms with Gasteiger partial charge in [-0.1, -0.05) is 71.8 Å². The van der Waals surface area contributed by atoms with E-state index in [4.69, 9.17) is 11.6 Å². The fraction of sp³-hybridized carbons (Fsp3) is 0.111. The lowest BCUT2D eigenvalue weighted by atomic mass is 10.0. The third-order valence-electron chi connectivity index (χ3n) is 5.64. The van der Waals surface area contributed by atoms with E-state index in [-0.39, 0.29) is 11.7 Å². The highest BCUT2D eigenvalue weighted by Crippen LogP contribution is 2.32. The van der Waals surface area contributed by atoms with Crippen LogP contribution in [-0.2, 0) is 4.79 Å². The molecular formula is C27H20ClN5O2S. The molecule has 178 valence electrons. The normalized spacial score (nSPS) is 15.5. The van der Waals surface area contributed by atoms with E-state index < -0.39 is 6.04 Å². The number of rotatable bonds is 6. The average molecular weight is 514 g/mol. The Labute approximate surface area is 216 Å². The van der Waals surface area contributed by atoms with Crippen molar-refractivity contribution >= 4 is 51.2 Å². The van der Waals surface area contributed by atoms with Crippen molar-refractivity contribution in [3.8, 4) is 11.3 Å². The van der Waals surface area contributed by atoms with Crippen molar-refractivity contribution in [1.29, 1.82) is 0 Å². The van der Waals surface area contributed by atoms with Crippen molar-refractivity contribution < 1.29 is 9.59 Å². The molecule has 0 radical (unpaired) electrons. The van der Waals surface area contributed by atoms with Crippen molar-refractivity contribution in [3.63, 3.8) is 0 Å². The third-order valence-corrected chi connectivity index (χ3v) is 6.69. The molecule has 0 bridgehead atoms. The van der Waals surface area contributed by atoms with Crippen LogP contribution in [0.4, 0.5) is 10.8 Å². The standard InChI is InChI=1S/C27H20ClN5O2S/c1-16-8-10-18(11-9-16)23-15-36-27(29-23)33-26(35)24(17(2)32-33)31-30-22-13-12-20(28)14-21(22)25(34)19-6-4-3-5-7-19/h3-15,24H,1-2H3. The van der Waals surface area contributed by atoms with E-state index >= 15 is 0 Å². The summed E-state index contributed by atoms with van der Waals surface area (Å²) < 4.78 is 0. The van der Waals surface area contributed by atoms with Gasteiger partial charge in [0, 0.05) is 21.5 Å². The largest absolute Gasteiger partial charge is 0.289 e. The fourth-order valence-electron chi connectivity index (χ4n) is 3.69. The van der Waals surface area contributed by atoms with E-state index in [0.717, 1.165) is 16.8 Å². The molecule has 2 heterocycles. The van der Waals surface area contributed by atoms with E-state index in [1.54, 1.807) is 49.4 Å². The Morgan fingerprint density at radius 1 is 1.03 bits per heavy atom. The number of thiazole rings is 1. The van der Waals surface area contributed by atoms with Crippen LogP contribution in [0.25, 0.3) is 11.3 Å². The lowest BCUT2D eigenvalue weighted by Crippen LogP contribution is -2.29. The molecule has 1 aliphatic rings. The summed E-state index contributed by atoms with van der Waals surface area (Å²) in [5.41, 5.74) is 4.51. The van der Waals surface area contributed by atoms with Crippen molar-refractivity contribution in [3.05, 3.63) is 99.9 Å². The molecule has 3 aromatic carbocycles. The van der Waals surface area contributed by atoms with Gasteiger partial charge in [0.2, 0.25) is 5.13 Å². The number of azo groups is 1. The minimum Gasteiger partial charge on any atom is -0.289 e. The zero-order valence-electron chi connectivity index (χ0n) is 19.4. The molecule has 0 aliphatic carbocycles. The van der Waals surface area contributed by atoms with E-state index in [0.29, 0.717) is 32.7 Å². The van der Waals surface area contributed by atoms with Crippen molar-refractivity contribution in [2.24, 2.45) is 15.3 Å². The van der Waals surface area contributed by atoms with Gasteiger partial charge in [0.05, 0.1) is 22.7 Å². The molecule has 1 aromatic heterocycles. The number of hydrazone groups is 1. The first-order valence-electron chi connectivity index (χ1n) is 11.1. The topological polar surface area (TPSA) is 87.3 Å². The summed E-state index contributed by atoms with van der Waals surface area (Å²) in [6.07, 6.45) is 0. The van der Waals surface area contributed by atoms with Crippen LogP contribution in [0.15, 0.2) is 93.5 Å². The maximum atomic E-state index is 13.2. The summed E-state index contributed by atoms with van der Waals surface area (Å²) >= 11 is 7.48. The predicted octanol–water partition coefficient (Wildman–Crippen LogP) is 6.88. The Morgan fingerprint density at radius 3 is 2.53 bits per heavy atom. The second-order valence-corrected chi connectivity index (χ2v) is 9.52. The van der Waals surface area contributed by atoms with Crippen LogP contribution in [-0.4, -0.2) is 28.4 Å². The van der Waals surface area contributed by atoms with Crippen LogP contribution in [0, 0.1) is 6.92 Å². The highest BCUT2D eigenvalue weighted by Gasteiger charge is 2.36. The predicted molar refractivity (Wildman–Crippen MR) is 143 cm³/mol. The number of nitrogens with zero attached hydrogens (tertiary/aromatic N) is 5. The molecule has 0 fully saturated rings. The van der Waals surface area contributed by atoms with Crippen molar-refractivity contribution in [2.75, 3.05) is 5.01 Å². The van der Waals surface area contributed by atoms with Gasteiger partial charge in [-0.15, -0.1) is 11.3 Å². The quantitative estimate of drug-likeness (QED) is 0.208. The molecule has 1 atom stereocenters. The Morgan fingerprint density at radius 2 is 1.78 bits per heavy atom. The van der Waals surface area contributed by atoms with Gasteiger partial charge in [0.25, 0.3) is 5.91 Å². The first-order chi connectivity index (χ1) is 17.4. The summed E-state index contributed by atoms with van der Waals surface area (Å²) in [4.78, 5) is 30.8. The number of anilines is 1. The van der Waals surface area contributed by atoms with Gasteiger partial charge >= 0.3 is 0 Å². The summed E-state index contributed by atoms with van der Waals surface area (Å²) in [5, 5.41) is 16.9. The Bertz CT molecular complexity index is 1510. The lowest BCUT2D eigenvalue weighted by molar-refractivity contribution is -0.117. The number of aryl methyl sites for hydroxylation is 1. The molecule has 5 rings (SSSR count). The number of halogens is 1. The summed E-state index contributed by atoms with van der Waals surface area (Å²) in [7, 11) is 0. The second-order valence-electron chi connectivity index (χ2n) is 8.25. The van der Waals surface area contributed by atoms with Crippen LogP contribution < -0.4 is 5.01 Å². The van der Waals surface area contributed by atoms with Crippen LogP contribution in [0.5, 0.6) is 0 Å². The minimum atomic E-state index is -0.910. The van der Waals surface area contributed by atoms with Gasteiger partial charge in [-0.25, -0.2) is 4.98 Å². The Kier molecular flexibility index (Phi) is 6.54. The van der Waals surface area contributed by atoms with E-state index in [9.17, 15) is 9.59 Å². The van der Waals surface area contributed by atoms with Crippen LogP contribution in [0.1, 0.15) is 28.4 Å². The monoisotopic (exact) mass is 513 g/mol. The van der Waals surface area contributed by atoms with Crippen LogP contribution >= 0.6 is 22.9 Å². The maximum Gasteiger partial charge on any atom is 0.282 e. The molecule has 1 aliphatic heterocycles. The van der Waals surface area contributed by atoms with Gasteiger partial charge in [0.1, 0.15) is 0 Å². The molecule has 0 N–H and O–H groups in total. The van der Waals surface area contributed by atoms with Crippen LogP contribution in [0.3, 0.4) is 0 Å². The third kappa shape index (κ3) is 4.73. The minimum absolute atomic E-state index is 0.233. The van der Waals surface area contributed by atoms with Crippen LogP contribution in [0.2, 0.25) is 5.02 Å². The summed E-state index contributed by atoms with van der Waals surface area (Å²) in [5.74, 6) is -0.589. The van der Waals surface area contributed by atoms with Crippen molar-refractivity contribution in [2.45, 2.75) is 19.9 Å².